The zero-order valence-electron chi connectivity index (χ0n) is 16.1. The van der Waals surface area contributed by atoms with Gasteiger partial charge in [0, 0.05) is 51.4 Å². The van der Waals surface area contributed by atoms with Crippen molar-refractivity contribution in [2.45, 2.75) is 46.1 Å². The second-order valence-electron chi connectivity index (χ2n) is 7.46. The molecule has 25 heavy (non-hydrogen) atoms. The summed E-state index contributed by atoms with van der Waals surface area (Å²) in [5, 5.41) is 4.46. The number of nitrogens with zero attached hydrogens (tertiary/aromatic N) is 4. The van der Waals surface area contributed by atoms with Gasteiger partial charge in [0.05, 0.1) is 18.9 Å². The van der Waals surface area contributed by atoms with E-state index in [1.165, 1.54) is 11.3 Å². The predicted octanol–water partition coefficient (Wildman–Crippen LogP) is 1.54. The minimum atomic E-state index is 0.289. The lowest BCUT2D eigenvalue weighted by molar-refractivity contribution is -0.130. The fourth-order valence-corrected chi connectivity index (χ4v) is 4.35. The first-order chi connectivity index (χ1) is 12.0. The normalized spacial score (nSPS) is 24.9. The third kappa shape index (κ3) is 3.90. The SMILES string of the molecule is CC[C@@H]1CN(C(=O)CCc2c(C)nn(C)c2C)C[C@H]1N1CCOCC1. The molecule has 0 N–H and O–H groups in total. The molecular weight excluding hydrogens is 316 g/mol. The molecule has 0 unspecified atom stereocenters. The van der Waals surface area contributed by atoms with E-state index in [0.29, 0.717) is 18.4 Å². The van der Waals surface area contributed by atoms with Gasteiger partial charge in [-0.25, -0.2) is 0 Å². The first-order valence-electron chi connectivity index (χ1n) is 9.59. The molecule has 0 bridgehead atoms. The Balaban J connectivity index is 1.58. The lowest BCUT2D eigenvalue weighted by Gasteiger charge is -2.34. The molecule has 0 aromatic carbocycles. The van der Waals surface area contributed by atoms with E-state index in [0.717, 1.165) is 57.9 Å². The van der Waals surface area contributed by atoms with Crippen molar-refractivity contribution >= 4 is 5.91 Å². The molecular formula is C19H32N4O2. The average Bonchev–Trinajstić information content (AvgIpc) is 3.16. The van der Waals surface area contributed by atoms with Crippen molar-refractivity contribution in [1.29, 1.82) is 0 Å². The summed E-state index contributed by atoms with van der Waals surface area (Å²) in [5.41, 5.74) is 3.45. The van der Waals surface area contributed by atoms with E-state index in [2.05, 4.69) is 28.7 Å². The van der Waals surface area contributed by atoms with Crippen molar-refractivity contribution in [3.05, 3.63) is 17.0 Å². The van der Waals surface area contributed by atoms with E-state index in [4.69, 9.17) is 4.74 Å². The van der Waals surface area contributed by atoms with Crippen LogP contribution in [-0.4, -0.2) is 70.9 Å². The van der Waals surface area contributed by atoms with E-state index >= 15 is 0 Å². The number of amides is 1. The van der Waals surface area contributed by atoms with Crippen LogP contribution in [0.2, 0.25) is 0 Å². The van der Waals surface area contributed by atoms with Crippen LogP contribution < -0.4 is 0 Å². The van der Waals surface area contributed by atoms with Gasteiger partial charge < -0.3 is 9.64 Å². The summed E-state index contributed by atoms with van der Waals surface area (Å²) >= 11 is 0. The quantitative estimate of drug-likeness (QED) is 0.810. The summed E-state index contributed by atoms with van der Waals surface area (Å²) in [6.45, 7) is 11.8. The fraction of sp³-hybridized carbons (Fsp3) is 0.789. The summed E-state index contributed by atoms with van der Waals surface area (Å²) < 4.78 is 7.39. The Morgan fingerprint density at radius 2 is 1.96 bits per heavy atom. The molecule has 0 radical (unpaired) electrons. The van der Waals surface area contributed by atoms with Gasteiger partial charge in [-0.1, -0.05) is 13.3 Å². The van der Waals surface area contributed by atoms with Crippen molar-refractivity contribution in [2.24, 2.45) is 13.0 Å². The zero-order valence-corrected chi connectivity index (χ0v) is 16.1. The third-order valence-electron chi connectivity index (χ3n) is 6.05. The number of carbonyl (C=O) groups is 1. The van der Waals surface area contributed by atoms with E-state index < -0.39 is 0 Å². The Kier molecular flexibility index (Phi) is 5.79. The van der Waals surface area contributed by atoms with Crippen molar-refractivity contribution in [3.63, 3.8) is 0 Å². The largest absolute Gasteiger partial charge is 0.379 e. The van der Waals surface area contributed by atoms with Crippen molar-refractivity contribution in [3.8, 4) is 0 Å². The number of ether oxygens (including phenoxy) is 1. The summed E-state index contributed by atoms with van der Waals surface area (Å²) in [7, 11) is 1.97. The van der Waals surface area contributed by atoms with Crippen LogP contribution in [0.1, 0.15) is 36.7 Å². The number of hydrogen-bond donors (Lipinski definition) is 0. The van der Waals surface area contributed by atoms with Gasteiger partial charge in [-0.2, -0.15) is 5.10 Å². The molecule has 0 saturated carbocycles. The molecule has 6 heteroatoms. The molecule has 2 saturated heterocycles. The van der Waals surface area contributed by atoms with Gasteiger partial charge in [-0.05, 0) is 31.7 Å². The lowest BCUT2D eigenvalue weighted by atomic mass is 9.99. The van der Waals surface area contributed by atoms with Gasteiger partial charge in [0.1, 0.15) is 0 Å². The van der Waals surface area contributed by atoms with Gasteiger partial charge in [0.2, 0.25) is 5.91 Å². The van der Waals surface area contributed by atoms with Crippen LogP contribution in [0.3, 0.4) is 0 Å². The predicted molar refractivity (Wildman–Crippen MR) is 97.5 cm³/mol. The van der Waals surface area contributed by atoms with Crippen LogP contribution in [0.4, 0.5) is 0 Å². The molecule has 2 aliphatic rings. The van der Waals surface area contributed by atoms with E-state index in [-0.39, 0.29) is 5.91 Å². The Hall–Kier alpha value is -1.40. The third-order valence-corrected chi connectivity index (χ3v) is 6.05. The molecule has 2 aliphatic heterocycles. The standard InChI is InChI=1S/C19H32N4O2/c1-5-16-12-23(13-18(16)22-8-10-25-11-9-22)19(24)7-6-17-14(2)20-21(4)15(17)3/h16,18H,5-13H2,1-4H3/t16-,18-/m1/s1. The summed E-state index contributed by atoms with van der Waals surface area (Å²) in [4.78, 5) is 17.4. The second kappa shape index (κ2) is 7.87. The molecule has 1 aromatic rings. The number of morpholine rings is 1. The number of aryl methyl sites for hydroxylation is 2. The number of hydrogen-bond acceptors (Lipinski definition) is 4. The van der Waals surface area contributed by atoms with Crippen LogP contribution in [0.25, 0.3) is 0 Å². The zero-order chi connectivity index (χ0) is 18.0. The van der Waals surface area contributed by atoms with Crippen LogP contribution >= 0.6 is 0 Å². The summed E-state index contributed by atoms with van der Waals surface area (Å²) in [6, 6.07) is 0.500. The molecule has 6 nitrogen and oxygen atoms in total. The monoisotopic (exact) mass is 348 g/mol. The minimum Gasteiger partial charge on any atom is -0.379 e. The lowest BCUT2D eigenvalue weighted by Crippen LogP contribution is -2.47. The van der Waals surface area contributed by atoms with Gasteiger partial charge in [-0.15, -0.1) is 0 Å². The Morgan fingerprint density at radius 1 is 1.24 bits per heavy atom. The maximum absolute atomic E-state index is 12.8. The number of aromatic nitrogens is 2. The van der Waals surface area contributed by atoms with E-state index in [1.54, 1.807) is 0 Å². The highest BCUT2D eigenvalue weighted by atomic mass is 16.5. The highest BCUT2D eigenvalue weighted by molar-refractivity contribution is 5.77. The van der Waals surface area contributed by atoms with Crippen molar-refractivity contribution in [2.75, 3.05) is 39.4 Å². The summed E-state index contributed by atoms with van der Waals surface area (Å²) in [6.07, 6.45) is 2.51. The minimum absolute atomic E-state index is 0.289. The highest BCUT2D eigenvalue weighted by Gasteiger charge is 2.37. The van der Waals surface area contributed by atoms with Crippen LogP contribution in [0, 0.1) is 19.8 Å². The Bertz CT molecular complexity index is 607. The average molecular weight is 348 g/mol. The number of carbonyl (C=O) groups excluding carboxylic acids is 1. The van der Waals surface area contributed by atoms with Gasteiger partial charge >= 0.3 is 0 Å². The second-order valence-corrected chi connectivity index (χ2v) is 7.46. The first-order valence-corrected chi connectivity index (χ1v) is 9.59. The van der Waals surface area contributed by atoms with E-state index in [1.807, 2.05) is 18.7 Å². The fourth-order valence-electron chi connectivity index (χ4n) is 4.35. The van der Waals surface area contributed by atoms with Gasteiger partial charge in [-0.3, -0.25) is 14.4 Å². The Morgan fingerprint density at radius 3 is 2.56 bits per heavy atom. The molecule has 1 aromatic heterocycles. The molecule has 2 atom stereocenters. The molecule has 3 rings (SSSR count). The van der Waals surface area contributed by atoms with Crippen molar-refractivity contribution in [1.82, 2.24) is 19.6 Å². The van der Waals surface area contributed by atoms with E-state index in [9.17, 15) is 4.79 Å². The molecule has 0 aliphatic carbocycles. The molecule has 3 heterocycles. The van der Waals surface area contributed by atoms with Crippen LogP contribution in [0.15, 0.2) is 0 Å². The molecule has 140 valence electrons. The molecule has 0 spiro atoms. The maximum atomic E-state index is 12.8. The smallest absolute Gasteiger partial charge is 0.222 e. The van der Waals surface area contributed by atoms with Crippen molar-refractivity contribution < 1.29 is 9.53 Å². The Labute approximate surface area is 151 Å². The van der Waals surface area contributed by atoms with Crippen LogP contribution in [0.5, 0.6) is 0 Å². The summed E-state index contributed by atoms with van der Waals surface area (Å²) in [5.74, 6) is 0.876. The first kappa shape index (κ1) is 18.4. The number of rotatable bonds is 5. The topological polar surface area (TPSA) is 50.6 Å². The van der Waals surface area contributed by atoms with Gasteiger partial charge in [0.15, 0.2) is 0 Å². The molecule has 1 amide bonds. The highest BCUT2D eigenvalue weighted by Crippen LogP contribution is 2.26. The molecule has 2 fully saturated rings. The number of likely N-dealkylation sites (tertiary alicyclic amines) is 1. The van der Waals surface area contributed by atoms with Crippen LogP contribution in [-0.2, 0) is 23.0 Å². The van der Waals surface area contributed by atoms with Gasteiger partial charge in [0.25, 0.3) is 0 Å². The maximum Gasteiger partial charge on any atom is 0.222 e.